The monoisotopic (exact) mass is 335 g/mol. The van der Waals surface area contributed by atoms with Crippen LogP contribution < -0.4 is 10.9 Å². The Morgan fingerprint density at radius 1 is 1.39 bits per heavy atom. The van der Waals surface area contributed by atoms with E-state index >= 15 is 0 Å². The Balaban J connectivity index is 1.66. The molecule has 0 unspecified atom stereocenters. The quantitative estimate of drug-likeness (QED) is 0.648. The maximum atomic E-state index is 12.0. The Bertz CT molecular complexity index is 673. The summed E-state index contributed by atoms with van der Waals surface area (Å²) in [7, 11) is 0. The summed E-state index contributed by atoms with van der Waals surface area (Å²) < 4.78 is 6.79. The van der Waals surface area contributed by atoms with Gasteiger partial charge in [0.2, 0.25) is 0 Å². The average Bonchev–Trinajstić information content (AvgIpc) is 2.54. The molecule has 2 atom stereocenters. The molecule has 0 amide bonds. The lowest BCUT2D eigenvalue weighted by atomic mass is 9.83. The number of esters is 1. The van der Waals surface area contributed by atoms with Crippen LogP contribution in [-0.2, 0) is 16.1 Å². The molecule has 3 heterocycles. The minimum Gasteiger partial charge on any atom is -0.465 e. The normalized spacial score (nSPS) is 22.2. The number of pyridine rings is 1. The van der Waals surface area contributed by atoms with E-state index in [1.54, 1.807) is 13.0 Å². The van der Waals surface area contributed by atoms with Crippen molar-refractivity contribution < 1.29 is 9.53 Å². The fourth-order valence-electron chi connectivity index (χ4n) is 3.53. The average molecular weight is 335 g/mol. The van der Waals surface area contributed by atoms with Gasteiger partial charge in [0.15, 0.2) is 5.11 Å². The van der Waals surface area contributed by atoms with Gasteiger partial charge in [0.25, 0.3) is 5.56 Å². The third-order valence-electron chi connectivity index (χ3n) is 4.46. The summed E-state index contributed by atoms with van der Waals surface area (Å²) in [6.07, 6.45) is 1.08. The van der Waals surface area contributed by atoms with E-state index in [-0.39, 0.29) is 18.1 Å². The highest BCUT2D eigenvalue weighted by atomic mass is 32.1. The van der Waals surface area contributed by atoms with E-state index in [0.717, 1.165) is 31.7 Å². The van der Waals surface area contributed by atoms with Crippen LogP contribution in [0.25, 0.3) is 0 Å². The van der Waals surface area contributed by atoms with Gasteiger partial charge in [-0.1, -0.05) is 6.07 Å². The molecule has 0 saturated carbocycles. The molecule has 1 aromatic rings. The molecule has 124 valence electrons. The number of hydrogen-bond acceptors (Lipinski definition) is 4. The first-order chi connectivity index (χ1) is 11.1. The maximum absolute atomic E-state index is 12.0. The van der Waals surface area contributed by atoms with E-state index in [2.05, 4.69) is 10.2 Å². The topological polar surface area (TPSA) is 63.6 Å². The van der Waals surface area contributed by atoms with Crippen molar-refractivity contribution in [3.8, 4) is 0 Å². The second-order valence-corrected chi connectivity index (χ2v) is 6.45. The first kappa shape index (κ1) is 16.0. The second-order valence-electron chi connectivity index (χ2n) is 6.07. The van der Waals surface area contributed by atoms with Gasteiger partial charge in [0, 0.05) is 37.3 Å². The number of nitrogens with zero attached hydrogens (tertiary/aromatic N) is 2. The third kappa shape index (κ3) is 3.39. The van der Waals surface area contributed by atoms with Crippen LogP contribution in [0.15, 0.2) is 23.0 Å². The SMILES string of the molecule is CCOC(=O)CNC(=S)N1C[C@@H]2C[C@H](C1)c1cccc(=O)n1C2. The Morgan fingerprint density at radius 3 is 3.00 bits per heavy atom. The van der Waals surface area contributed by atoms with Gasteiger partial charge in [0.05, 0.1) is 6.61 Å². The Kier molecular flexibility index (Phi) is 4.66. The van der Waals surface area contributed by atoms with Crippen LogP contribution in [0.4, 0.5) is 0 Å². The fraction of sp³-hybridized carbons (Fsp3) is 0.562. The fourth-order valence-corrected chi connectivity index (χ4v) is 3.76. The zero-order valence-corrected chi connectivity index (χ0v) is 14.0. The molecule has 6 nitrogen and oxygen atoms in total. The number of carbonyl (C=O) groups is 1. The lowest BCUT2D eigenvalue weighted by molar-refractivity contribution is -0.141. The molecule has 1 aromatic heterocycles. The lowest BCUT2D eigenvalue weighted by Crippen LogP contribution is -2.52. The van der Waals surface area contributed by atoms with Crippen molar-refractivity contribution in [1.29, 1.82) is 0 Å². The third-order valence-corrected chi connectivity index (χ3v) is 4.86. The molecule has 23 heavy (non-hydrogen) atoms. The van der Waals surface area contributed by atoms with Crippen molar-refractivity contribution in [3.63, 3.8) is 0 Å². The summed E-state index contributed by atoms with van der Waals surface area (Å²) in [5.74, 6) is 0.409. The maximum Gasteiger partial charge on any atom is 0.325 e. The lowest BCUT2D eigenvalue weighted by Gasteiger charge is -2.43. The van der Waals surface area contributed by atoms with E-state index < -0.39 is 0 Å². The molecule has 7 heteroatoms. The molecule has 2 aliphatic heterocycles. The molecule has 2 aliphatic rings. The number of nitrogens with one attached hydrogen (secondary N) is 1. The summed E-state index contributed by atoms with van der Waals surface area (Å²) in [6.45, 7) is 4.56. The standard InChI is InChI=1S/C16H21N3O3S/c1-2-22-15(21)7-17-16(23)18-8-11-6-12(10-18)13-4-3-5-14(20)19(13)9-11/h3-5,11-12H,2,6-10H2,1H3,(H,17,23)/t11-,12+/m0/s1. The van der Waals surface area contributed by atoms with Crippen LogP contribution in [0.1, 0.15) is 25.0 Å². The van der Waals surface area contributed by atoms with Crippen molar-refractivity contribution in [3.05, 3.63) is 34.2 Å². The number of ether oxygens (including phenoxy) is 1. The minimum atomic E-state index is -0.302. The first-order valence-corrected chi connectivity index (χ1v) is 8.37. The summed E-state index contributed by atoms with van der Waals surface area (Å²) in [6, 6.07) is 5.47. The van der Waals surface area contributed by atoms with Gasteiger partial charge in [-0.2, -0.15) is 0 Å². The smallest absolute Gasteiger partial charge is 0.325 e. The summed E-state index contributed by atoms with van der Waals surface area (Å²) >= 11 is 5.42. The highest BCUT2D eigenvalue weighted by Crippen LogP contribution is 2.34. The van der Waals surface area contributed by atoms with E-state index in [0.29, 0.717) is 23.6 Å². The summed E-state index contributed by atoms with van der Waals surface area (Å²) in [4.78, 5) is 25.5. The van der Waals surface area contributed by atoms with Gasteiger partial charge in [-0.05, 0) is 37.5 Å². The van der Waals surface area contributed by atoms with E-state index in [1.807, 2.05) is 16.7 Å². The van der Waals surface area contributed by atoms with Gasteiger partial charge in [-0.15, -0.1) is 0 Å². The number of hydrogen-bond donors (Lipinski definition) is 1. The Hall–Kier alpha value is -1.89. The van der Waals surface area contributed by atoms with Crippen LogP contribution >= 0.6 is 12.2 Å². The van der Waals surface area contributed by atoms with Crippen molar-refractivity contribution >= 4 is 23.3 Å². The van der Waals surface area contributed by atoms with E-state index in [1.165, 1.54) is 0 Å². The van der Waals surface area contributed by atoms with Crippen LogP contribution in [0, 0.1) is 5.92 Å². The molecule has 3 rings (SSSR count). The molecule has 1 fully saturated rings. The number of aromatic nitrogens is 1. The highest BCUT2D eigenvalue weighted by Gasteiger charge is 2.35. The van der Waals surface area contributed by atoms with Gasteiger partial charge < -0.3 is 19.5 Å². The number of piperidine rings is 1. The second kappa shape index (κ2) is 6.70. The highest BCUT2D eigenvalue weighted by molar-refractivity contribution is 7.80. The number of likely N-dealkylation sites (tertiary alicyclic amines) is 1. The van der Waals surface area contributed by atoms with Crippen LogP contribution in [0.3, 0.4) is 0 Å². The van der Waals surface area contributed by atoms with Gasteiger partial charge in [-0.25, -0.2) is 0 Å². The Morgan fingerprint density at radius 2 is 2.22 bits per heavy atom. The molecule has 1 N–H and O–H groups in total. The molecular weight excluding hydrogens is 314 g/mol. The van der Waals surface area contributed by atoms with E-state index in [4.69, 9.17) is 17.0 Å². The first-order valence-electron chi connectivity index (χ1n) is 7.96. The molecule has 0 radical (unpaired) electrons. The number of thiocarbonyl (C=S) groups is 1. The van der Waals surface area contributed by atoms with Gasteiger partial charge in [-0.3, -0.25) is 9.59 Å². The van der Waals surface area contributed by atoms with Crippen molar-refractivity contribution in [2.24, 2.45) is 5.92 Å². The predicted molar refractivity (Wildman–Crippen MR) is 90.4 cm³/mol. The zero-order valence-electron chi connectivity index (χ0n) is 13.2. The molecule has 1 saturated heterocycles. The molecule has 0 aromatic carbocycles. The van der Waals surface area contributed by atoms with Crippen LogP contribution in [-0.4, -0.2) is 46.8 Å². The molecule has 2 bridgehead atoms. The minimum absolute atomic E-state index is 0.0775. The Labute approximate surface area is 140 Å². The molecule has 0 aliphatic carbocycles. The zero-order chi connectivity index (χ0) is 16.4. The molecular formula is C16H21N3O3S. The number of fused-ring (bicyclic) bond motifs is 4. The number of rotatable bonds is 3. The predicted octanol–water partition coefficient (Wildman–Crippen LogP) is 0.705. The van der Waals surface area contributed by atoms with Crippen LogP contribution in [0.5, 0.6) is 0 Å². The summed E-state index contributed by atoms with van der Waals surface area (Å²) in [5.41, 5.74) is 1.17. The molecule has 0 spiro atoms. The van der Waals surface area contributed by atoms with Gasteiger partial charge >= 0.3 is 5.97 Å². The van der Waals surface area contributed by atoms with Crippen LogP contribution in [0.2, 0.25) is 0 Å². The van der Waals surface area contributed by atoms with E-state index in [9.17, 15) is 9.59 Å². The largest absolute Gasteiger partial charge is 0.465 e. The van der Waals surface area contributed by atoms with Gasteiger partial charge in [0.1, 0.15) is 6.54 Å². The summed E-state index contributed by atoms with van der Waals surface area (Å²) in [5, 5.41) is 3.56. The van der Waals surface area contributed by atoms with Crippen molar-refractivity contribution in [2.45, 2.75) is 25.8 Å². The van der Waals surface area contributed by atoms with Crippen molar-refractivity contribution in [1.82, 2.24) is 14.8 Å². The van der Waals surface area contributed by atoms with Crippen molar-refractivity contribution in [2.75, 3.05) is 26.2 Å². The number of carbonyl (C=O) groups excluding carboxylic acids is 1.